The fraction of sp³-hybridized carbons (Fsp3) is 0.889. The van der Waals surface area contributed by atoms with Crippen molar-refractivity contribution in [1.82, 2.24) is 10.6 Å². The van der Waals surface area contributed by atoms with Crippen LogP contribution in [0.25, 0.3) is 5.73 Å². The number of nitrogens with one attached hydrogen (secondary N) is 3. The van der Waals surface area contributed by atoms with E-state index in [-0.39, 0.29) is 94.6 Å². The van der Waals surface area contributed by atoms with E-state index in [1.165, 1.54) is 0 Å². The normalized spacial score (nSPS) is 35.3. The molecule has 1 aliphatic carbocycles. The average Bonchev–Trinajstić information content (AvgIpc) is 2.77. The molecule has 2 rings (SSSR count). The number of hydrogen-bond donors (Lipinski definition) is 2. The molecule has 2 amide bonds. The Morgan fingerprint density at radius 1 is 1.36 bits per heavy atom. The summed E-state index contributed by atoms with van der Waals surface area (Å²) in [6.45, 7) is 9.82. The minimum Gasteiger partial charge on any atom is -0.675 e. The Morgan fingerprint density at radius 2 is 2.00 bits per heavy atom. The van der Waals surface area contributed by atoms with E-state index in [0.717, 1.165) is 12.8 Å². The molecule has 1 aliphatic heterocycles. The van der Waals surface area contributed by atoms with Crippen LogP contribution in [0, 0.1) is 22.7 Å². The quantitative estimate of drug-likeness (QED) is 0.609. The summed E-state index contributed by atoms with van der Waals surface area (Å²) in [6.07, 6.45) is 3.66. The van der Waals surface area contributed by atoms with Gasteiger partial charge in [-0.05, 0) is 24.2 Å². The van der Waals surface area contributed by atoms with Crippen LogP contribution in [0.4, 0.5) is 0 Å². The van der Waals surface area contributed by atoms with E-state index in [1.54, 1.807) is 0 Å². The van der Waals surface area contributed by atoms with Crippen molar-refractivity contribution in [2.45, 2.75) is 65.8 Å². The van der Waals surface area contributed by atoms with E-state index < -0.39 is 5.41 Å². The second kappa shape index (κ2) is 10.6. The second-order valence-electron chi connectivity index (χ2n) is 7.98. The first-order chi connectivity index (χ1) is 10.8. The molecular formula is C18H32N3O2Y2-. The summed E-state index contributed by atoms with van der Waals surface area (Å²) in [6, 6.07) is -0.335. The van der Waals surface area contributed by atoms with Crippen LogP contribution in [0.3, 0.4) is 0 Å². The monoisotopic (exact) mass is 500 g/mol. The first-order valence-corrected chi connectivity index (χ1v) is 9.05. The molecule has 1 saturated carbocycles. The third kappa shape index (κ3) is 5.34. The van der Waals surface area contributed by atoms with Gasteiger partial charge in [0.1, 0.15) is 0 Å². The van der Waals surface area contributed by atoms with Gasteiger partial charge in [-0.2, -0.15) is 0 Å². The van der Waals surface area contributed by atoms with Crippen molar-refractivity contribution in [2.75, 3.05) is 13.1 Å². The van der Waals surface area contributed by atoms with Crippen molar-refractivity contribution in [3.05, 3.63) is 5.73 Å². The molecule has 2 fully saturated rings. The molecule has 0 aromatic carbocycles. The van der Waals surface area contributed by atoms with E-state index in [0.29, 0.717) is 38.3 Å². The standard InChI is InChI=1S/C18H32N3O2.2Y/c1-5-12(3)10-20-15(22)13-7-14(19)9-18(8-13)16(23)21-11-17(18,4)6-2;;/h12-14,19H,5-11H2,1-4H3,(H,20,22)(H,21,23);;/q-1;;. The molecular weight excluding hydrogens is 468 g/mol. The van der Waals surface area contributed by atoms with Crippen molar-refractivity contribution >= 4 is 11.8 Å². The molecule has 1 heterocycles. The summed E-state index contributed by atoms with van der Waals surface area (Å²) >= 11 is 0. The van der Waals surface area contributed by atoms with Crippen molar-refractivity contribution in [2.24, 2.45) is 22.7 Å². The molecule has 25 heavy (non-hydrogen) atoms. The average molecular weight is 500 g/mol. The van der Waals surface area contributed by atoms with E-state index in [1.807, 2.05) is 0 Å². The Morgan fingerprint density at radius 3 is 2.56 bits per heavy atom. The summed E-state index contributed by atoms with van der Waals surface area (Å²) in [5.41, 5.74) is 7.62. The summed E-state index contributed by atoms with van der Waals surface area (Å²) in [5.74, 6) is 0.322. The van der Waals surface area contributed by atoms with Gasteiger partial charge < -0.3 is 16.4 Å². The first-order valence-electron chi connectivity index (χ1n) is 9.05. The van der Waals surface area contributed by atoms with Crippen LogP contribution < -0.4 is 10.6 Å². The summed E-state index contributed by atoms with van der Waals surface area (Å²) < 4.78 is 0. The molecule has 2 aliphatic rings. The summed E-state index contributed by atoms with van der Waals surface area (Å²) in [5, 5.41) is 6.04. The van der Waals surface area contributed by atoms with Crippen LogP contribution in [0.5, 0.6) is 0 Å². The molecule has 2 radical (unpaired) electrons. The van der Waals surface area contributed by atoms with Crippen molar-refractivity contribution in [1.29, 1.82) is 0 Å². The molecule has 0 bridgehead atoms. The fourth-order valence-electron chi connectivity index (χ4n) is 4.23. The van der Waals surface area contributed by atoms with Gasteiger partial charge in [-0.25, -0.2) is 0 Å². The Hall–Kier alpha value is 1.11. The summed E-state index contributed by atoms with van der Waals surface area (Å²) in [4.78, 5) is 25.2. The van der Waals surface area contributed by atoms with Gasteiger partial charge in [0.15, 0.2) is 0 Å². The molecule has 1 saturated heterocycles. The molecule has 7 heteroatoms. The molecule has 0 aromatic heterocycles. The van der Waals surface area contributed by atoms with Crippen LogP contribution in [0.1, 0.15) is 59.8 Å². The van der Waals surface area contributed by atoms with Crippen molar-refractivity contribution < 1.29 is 75.0 Å². The van der Waals surface area contributed by atoms with Gasteiger partial charge in [0.2, 0.25) is 11.8 Å². The Bertz CT molecular complexity index is 477. The fourth-order valence-corrected chi connectivity index (χ4v) is 4.23. The Kier molecular flexibility index (Phi) is 11.1. The third-order valence-corrected chi connectivity index (χ3v) is 6.46. The molecule has 5 atom stereocenters. The predicted molar refractivity (Wildman–Crippen MR) is 91.8 cm³/mol. The topological polar surface area (TPSA) is 82.0 Å². The Labute approximate surface area is 202 Å². The number of hydrogen-bond acceptors (Lipinski definition) is 2. The molecule has 5 unspecified atom stereocenters. The second-order valence-corrected chi connectivity index (χ2v) is 7.98. The van der Waals surface area contributed by atoms with E-state index in [2.05, 4.69) is 38.3 Å². The molecule has 138 valence electrons. The van der Waals surface area contributed by atoms with Crippen LogP contribution >= 0.6 is 0 Å². The van der Waals surface area contributed by atoms with Gasteiger partial charge in [0.05, 0.1) is 5.41 Å². The minimum absolute atomic E-state index is 0. The largest absolute Gasteiger partial charge is 0.675 e. The van der Waals surface area contributed by atoms with Crippen LogP contribution in [-0.4, -0.2) is 30.9 Å². The number of carbonyl (C=O) groups is 2. The number of carbonyl (C=O) groups excluding carboxylic acids is 2. The zero-order valence-corrected chi connectivity index (χ0v) is 21.8. The predicted octanol–water partition coefficient (Wildman–Crippen LogP) is 2.90. The zero-order valence-electron chi connectivity index (χ0n) is 16.2. The third-order valence-electron chi connectivity index (χ3n) is 6.46. The van der Waals surface area contributed by atoms with Gasteiger partial charge in [0, 0.05) is 84.4 Å². The maximum atomic E-state index is 12.6. The maximum absolute atomic E-state index is 12.6. The van der Waals surface area contributed by atoms with E-state index in [4.69, 9.17) is 5.73 Å². The molecule has 0 aromatic rings. The number of rotatable bonds is 5. The van der Waals surface area contributed by atoms with Crippen molar-refractivity contribution in [3.63, 3.8) is 0 Å². The number of amides is 2. The van der Waals surface area contributed by atoms with Gasteiger partial charge >= 0.3 is 0 Å². The molecule has 3 N–H and O–H groups in total. The molecule has 1 spiro atoms. The van der Waals surface area contributed by atoms with Crippen LogP contribution in [0.15, 0.2) is 0 Å². The van der Waals surface area contributed by atoms with Crippen molar-refractivity contribution in [3.8, 4) is 0 Å². The van der Waals surface area contributed by atoms with Gasteiger partial charge in [-0.3, -0.25) is 9.59 Å². The van der Waals surface area contributed by atoms with Crippen LogP contribution in [-0.2, 0) is 75.0 Å². The van der Waals surface area contributed by atoms with Gasteiger partial charge in [0.25, 0.3) is 0 Å². The van der Waals surface area contributed by atoms with Gasteiger partial charge in [-0.1, -0.05) is 47.0 Å². The van der Waals surface area contributed by atoms with E-state index in [9.17, 15) is 9.59 Å². The maximum Gasteiger partial charge on any atom is 0.226 e. The zero-order chi connectivity index (χ0) is 17.3. The molecule has 5 nitrogen and oxygen atoms in total. The van der Waals surface area contributed by atoms with Gasteiger partial charge in [-0.15, -0.1) is 6.04 Å². The SMILES string of the molecule is CCC(C)CNC(=O)C1CC([NH-])CC2(C1)C(=O)NCC2(C)CC.[Y].[Y]. The first kappa shape index (κ1) is 26.1. The minimum atomic E-state index is -0.551. The Balaban J connectivity index is 0.00000288. The summed E-state index contributed by atoms with van der Waals surface area (Å²) in [7, 11) is 0. The van der Waals surface area contributed by atoms with Crippen LogP contribution in [0.2, 0.25) is 0 Å². The smallest absolute Gasteiger partial charge is 0.226 e. The van der Waals surface area contributed by atoms with E-state index >= 15 is 0 Å².